The van der Waals surface area contributed by atoms with Crippen molar-refractivity contribution in [3.63, 3.8) is 0 Å². The number of hydrogen-bond donors (Lipinski definition) is 1. The van der Waals surface area contributed by atoms with Crippen LogP contribution in [0.3, 0.4) is 0 Å². The van der Waals surface area contributed by atoms with Crippen LogP contribution in [0.5, 0.6) is 0 Å². The minimum atomic E-state index is -0.781. The maximum Gasteiger partial charge on any atom is 0.338 e. The molecule has 254 valence electrons. The van der Waals surface area contributed by atoms with Crippen molar-refractivity contribution >= 4 is 35.1 Å². The van der Waals surface area contributed by atoms with E-state index < -0.39 is 12.0 Å². The third kappa shape index (κ3) is 5.02. The molecular weight excluding hydrogens is 637 g/mol. The van der Waals surface area contributed by atoms with E-state index in [1.807, 2.05) is 20.1 Å². The SMILES string of the molecule is CCOC(=O)C1=C(CN2CCN3C(=O)N(C45CC(C(=O)N6CCOCC6)(C4)C5)C[C@@H]3C2)NC(c2nccs2)=N[C@H]1c1cccc(F)c1C. The number of amides is 3. The number of piperazine rings is 1. The van der Waals surface area contributed by atoms with Crippen LogP contribution >= 0.6 is 11.3 Å². The highest BCUT2D eigenvalue weighted by molar-refractivity contribution is 7.11. The summed E-state index contributed by atoms with van der Waals surface area (Å²) in [7, 11) is 0. The molecule has 3 aliphatic carbocycles. The van der Waals surface area contributed by atoms with Gasteiger partial charge in [0.25, 0.3) is 0 Å². The number of carbonyl (C=O) groups excluding carboxylic acids is 3. The molecule has 6 fully saturated rings. The van der Waals surface area contributed by atoms with Gasteiger partial charge in [-0.2, -0.15) is 0 Å². The number of amidine groups is 1. The summed E-state index contributed by atoms with van der Waals surface area (Å²) in [6, 6.07) is 4.12. The number of esters is 1. The van der Waals surface area contributed by atoms with Gasteiger partial charge in [0.2, 0.25) is 5.91 Å². The predicted octanol–water partition coefficient (Wildman–Crippen LogP) is 2.70. The second-order valence-electron chi connectivity index (χ2n) is 13.8. The number of aliphatic imine (C=N–C) groups is 1. The number of carbonyl (C=O) groups is 3. The lowest BCUT2D eigenvalue weighted by molar-refractivity contribution is -0.215. The molecule has 2 aromatic rings. The van der Waals surface area contributed by atoms with E-state index in [1.165, 1.54) is 17.4 Å². The lowest BCUT2D eigenvalue weighted by Crippen LogP contribution is -2.79. The Bertz CT molecular complexity index is 1690. The van der Waals surface area contributed by atoms with Gasteiger partial charge in [-0.1, -0.05) is 12.1 Å². The molecule has 3 amide bonds. The van der Waals surface area contributed by atoms with Crippen LogP contribution in [0.2, 0.25) is 0 Å². The number of nitrogens with zero attached hydrogens (tertiary/aromatic N) is 6. The van der Waals surface area contributed by atoms with Crippen LogP contribution in [0.15, 0.2) is 46.0 Å². The standard InChI is InChI=1S/C34H40FN7O5S/c1-3-47-30(43)26-25(37-28(29-36-7-14-48-29)38-27(26)23-5-4-6-24(35)21(23)2)17-39-8-9-41-22(15-39)16-42(32(41)45)34-18-33(19-34,20-34)31(44)40-10-12-46-13-11-40/h4-7,14,22,27H,3,8-13,15-20H2,1-2H3,(H,37,38)/t22-,27-,33?,34?/m0/s1. The van der Waals surface area contributed by atoms with Gasteiger partial charge in [0, 0.05) is 68.6 Å². The third-order valence-corrected chi connectivity index (χ3v) is 11.8. The fourth-order valence-corrected chi connectivity index (χ4v) is 9.24. The maximum absolute atomic E-state index is 14.8. The Hall–Kier alpha value is -3.88. The Morgan fingerprint density at radius 3 is 2.67 bits per heavy atom. The topological polar surface area (TPSA) is 120 Å². The van der Waals surface area contributed by atoms with E-state index in [-0.39, 0.29) is 41.4 Å². The largest absolute Gasteiger partial charge is 0.463 e. The number of aromatic nitrogens is 1. The smallest absolute Gasteiger partial charge is 0.338 e. The number of fused-ring (bicyclic) bond motifs is 1. The molecule has 0 unspecified atom stereocenters. The van der Waals surface area contributed by atoms with Gasteiger partial charge in [-0.25, -0.2) is 19.0 Å². The maximum atomic E-state index is 14.8. The van der Waals surface area contributed by atoms with Crippen molar-refractivity contribution in [2.45, 2.75) is 50.7 Å². The van der Waals surface area contributed by atoms with Crippen LogP contribution in [0.25, 0.3) is 0 Å². The molecule has 1 aromatic carbocycles. The molecule has 4 aliphatic heterocycles. The number of urea groups is 1. The average Bonchev–Trinajstić information content (AvgIpc) is 3.70. The predicted molar refractivity (Wildman–Crippen MR) is 175 cm³/mol. The summed E-state index contributed by atoms with van der Waals surface area (Å²) in [5.41, 5.74) is 1.47. The van der Waals surface area contributed by atoms with Gasteiger partial charge in [0.05, 0.1) is 36.9 Å². The van der Waals surface area contributed by atoms with Crippen molar-refractivity contribution in [1.29, 1.82) is 0 Å². The van der Waals surface area contributed by atoms with Gasteiger partial charge in [0.15, 0.2) is 10.8 Å². The molecule has 0 radical (unpaired) electrons. The zero-order valence-electron chi connectivity index (χ0n) is 27.2. The fourth-order valence-electron chi connectivity index (χ4n) is 8.65. The second kappa shape index (κ2) is 11.9. The number of halogens is 1. The number of nitrogens with one attached hydrogen (secondary N) is 1. The number of ether oxygens (including phenoxy) is 2. The Morgan fingerprint density at radius 2 is 1.94 bits per heavy atom. The van der Waals surface area contributed by atoms with Crippen molar-refractivity contribution in [2.24, 2.45) is 10.4 Å². The van der Waals surface area contributed by atoms with E-state index in [0.717, 1.165) is 19.3 Å². The zero-order chi connectivity index (χ0) is 33.2. The van der Waals surface area contributed by atoms with Crippen LogP contribution in [-0.4, -0.2) is 126 Å². The molecule has 3 saturated heterocycles. The minimum absolute atomic E-state index is 0.00485. The molecule has 14 heteroatoms. The van der Waals surface area contributed by atoms with Crippen LogP contribution < -0.4 is 5.32 Å². The lowest BCUT2D eigenvalue weighted by Gasteiger charge is -2.72. The van der Waals surface area contributed by atoms with E-state index in [1.54, 1.807) is 32.2 Å². The number of hydrogen-bond acceptors (Lipinski definition) is 10. The quantitative estimate of drug-likeness (QED) is 0.424. The van der Waals surface area contributed by atoms with Crippen molar-refractivity contribution < 1.29 is 28.2 Å². The van der Waals surface area contributed by atoms with Gasteiger partial charge in [-0.15, -0.1) is 11.3 Å². The van der Waals surface area contributed by atoms with Gasteiger partial charge >= 0.3 is 12.0 Å². The Morgan fingerprint density at radius 1 is 1.15 bits per heavy atom. The first-order valence-electron chi connectivity index (χ1n) is 16.8. The molecule has 1 N–H and O–H groups in total. The van der Waals surface area contributed by atoms with Crippen LogP contribution in [0.1, 0.15) is 48.4 Å². The molecule has 9 rings (SSSR count). The molecule has 5 heterocycles. The highest BCUT2D eigenvalue weighted by Gasteiger charge is 2.76. The first kappa shape index (κ1) is 31.4. The fraction of sp³-hybridized carbons (Fsp3) is 0.559. The Labute approximate surface area is 282 Å². The van der Waals surface area contributed by atoms with Gasteiger partial charge in [0.1, 0.15) is 11.9 Å². The molecule has 2 bridgehead atoms. The second-order valence-corrected chi connectivity index (χ2v) is 14.7. The molecule has 48 heavy (non-hydrogen) atoms. The van der Waals surface area contributed by atoms with E-state index in [9.17, 15) is 18.8 Å². The lowest BCUT2D eigenvalue weighted by atomic mass is 9.38. The Balaban J connectivity index is 1.01. The number of benzene rings is 1. The van der Waals surface area contributed by atoms with Crippen molar-refractivity contribution in [2.75, 3.05) is 65.6 Å². The van der Waals surface area contributed by atoms with E-state index in [4.69, 9.17) is 14.5 Å². The first-order valence-corrected chi connectivity index (χ1v) is 17.7. The first-order chi connectivity index (χ1) is 23.2. The molecule has 12 nitrogen and oxygen atoms in total. The summed E-state index contributed by atoms with van der Waals surface area (Å²) in [5, 5.41) is 5.93. The van der Waals surface area contributed by atoms with Gasteiger partial charge < -0.3 is 29.5 Å². The number of thiazole rings is 1. The molecule has 7 aliphatic rings. The molecule has 1 aromatic heterocycles. The Kier molecular flexibility index (Phi) is 7.79. The average molecular weight is 678 g/mol. The summed E-state index contributed by atoms with van der Waals surface area (Å²) < 4.78 is 25.8. The van der Waals surface area contributed by atoms with Crippen LogP contribution in [0.4, 0.5) is 9.18 Å². The third-order valence-electron chi connectivity index (χ3n) is 11.0. The summed E-state index contributed by atoms with van der Waals surface area (Å²) >= 11 is 1.43. The summed E-state index contributed by atoms with van der Waals surface area (Å²) in [4.78, 5) is 58.2. The highest BCUT2D eigenvalue weighted by Crippen LogP contribution is 2.71. The van der Waals surface area contributed by atoms with E-state index in [0.29, 0.717) is 92.3 Å². The van der Waals surface area contributed by atoms with Gasteiger partial charge in [-0.3, -0.25) is 14.7 Å². The molecule has 0 spiro atoms. The zero-order valence-corrected chi connectivity index (χ0v) is 28.1. The van der Waals surface area contributed by atoms with Gasteiger partial charge in [-0.05, 0) is 50.3 Å². The van der Waals surface area contributed by atoms with E-state index >= 15 is 0 Å². The van der Waals surface area contributed by atoms with Crippen molar-refractivity contribution in [1.82, 2.24) is 29.9 Å². The summed E-state index contributed by atoms with van der Waals surface area (Å²) in [6.45, 7) is 8.93. The number of morpholine rings is 1. The van der Waals surface area contributed by atoms with Crippen molar-refractivity contribution in [3.8, 4) is 0 Å². The minimum Gasteiger partial charge on any atom is -0.463 e. The van der Waals surface area contributed by atoms with Crippen molar-refractivity contribution in [3.05, 3.63) is 63.0 Å². The molecular formula is C34H40FN7O5S. The molecule has 3 saturated carbocycles. The van der Waals surface area contributed by atoms with E-state index in [2.05, 4.69) is 15.2 Å². The van der Waals surface area contributed by atoms with Crippen LogP contribution in [-0.2, 0) is 19.1 Å². The summed E-state index contributed by atoms with van der Waals surface area (Å²) in [5.74, 6) is -0.123. The number of rotatable bonds is 8. The van der Waals surface area contributed by atoms with Crippen LogP contribution in [0, 0.1) is 18.2 Å². The molecule has 2 atom stereocenters. The highest BCUT2D eigenvalue weighted by atomic mass is 32.1. The monoisotopic (exact) mass is 677 g/mol. The summed E-state index contributed by atoms with van der Waals surface area (Å²) in [6.07, 6.45) is 3.92. The normalized spacial score (nSPS) is 29.9.